The number of carboxylic acid groups (broad SMARTS) is 1. The molecule has 2 amide bonds. The fraction of sp³-hybridized carbons (Fsp3) is 0.259. The molecule has 3 N–H and O–H groups in total. The number of anilines is 1. The first-order chi connectivity index (χ1) is 16.8. The van der Waals surface area contributed by atoms with Gasteiger partial charge in [-0.1, -0.05) is 62.4 Å². The van der Waals surface area contributed by atoms with E-state index in [4.69, 9.17) is 9.84 Å². The molecular weight excluding hydrogens is 446 g/mol. The van der Waals surface area contributed by atoms with Gasteiger partial charge in [-0.3, -0.25) is 9.78 Å². The predicted molar refractivity (Wildman–Crippen MR) is 131 cm³/mol. The number of fused-ring (bicyclic) bond motifs is 3. The zero-order valence-electron chi connectivity index (χ0n) is 19.5. The highest BCUT2D eigenvalue weighted by Crippen LogP contribution is 2.44. The molecule has 1 aromatic heterocycles. The molecule has 180 valence electrons. The number of amides is 2. The van der Waals surface area contributed by atoms with Crippen molar-refractivity contribution < 1.29 is 24.2 Å². The zero-order chi connectivity index (χ0) is 24.9. The van der Waals surface area contributed by atoms with E-state index in [1.165, 1.54) is 18.5 Å². The number of carbonyl (C=O) groups is 3. The molecular formula is C27H27N3O5. The number of hydrogen-bond donors (Lipinski definition) is 3. The van der Waals surface area contributed by atoms with Crippen molar-refractivity contribution >= 4 is 23.7 Å². The summed E-state index contributed by atoms with van der Waals surface area (Å²) in [5.41, 5.74) is 4.80. The first kappa shape index (κ1) is 23.9. The van der Waals surface area contributed by atoms with Crippen LogP contribution in [0.5, 0.6) is 0 Å². The minimum Gasteiger partial charge on any atom is -0.478 e. The molecule has 1 aliphatic carbocycles. The van der Waals surface area contributed by atoms with Crippen LogP contribution in [0, 0.1) is 11.8 Å². The third-order valence-electron chi connectivity index (χ3n) is 6.20. The van der Waals surface area contributed by atoms with Gasteiger partial charge in [0.25, 0.3) is 0 Å². The number of hydrogen-bond acceptors (Lipinski definition) is 5. The molecule has 0 radical (unpaired) electrons. The summed E-state index contributed by atoms with van der Waals surface area (Å²) < 4.78 is 5.55. The van der Waals surface area contributed by atoms with Gasteiger partial charge in [0.15, 0.2) is 0 Å². The first-order valence-electron chi connectivity index (χ1n) is 11.4. The molecule has 1 heterocycles. The second-order valence-electron chi connectivity index (χ2n) is 8.81. The zero-order valence-corrected chi connectivity index (χ0v) is 19.5. The summed E-state index contributed by atoms with van der Waals surface area (Å²) in [7, 11) is 0. The first-order valence-corrected chi connectivity index (χ1v) is 11.4. The maximum atomic E-state index is 12.8. The Kier molecular flexibility index (Phi) is 7.10. The average molecular weight is 474 g/mol. The predicted octanol–water partition coefficient (Wildman–Crippen LogP) is 4.53. The average Bonchev–Trinajstić information content (AvgIpc) is 3.16. The summed E-state index contributed by atoms with van der Waals surface area (Å²) in [6.07, 6.45) is 1.98. The maximum Gasteiger partial charge on any atom is 0.407 e. The van der Waals surface area contributed by atoms with E-state index in [0.29, 0.717) is 0 Å². The second-order valence-corrected chi connectivity index (χ2v) is 8.81. The van der Waals surface area contributed by atoms with Crippen molar-refractivity contribution in [3.8, 4) is 11.1 Å². The fourth-order valence-electron chi connectivity index (χ4n) is 4.33. The van der Waals surface area contributed by atoms with E-state index in [2.05, 4.69) is 39.9 Å². The SMILES string of the molecule is CC(C)C(CNC(=O)OCC1c2ccccc2-c2ccccc21)C(=O)Nc1cncc(C(=O)O)c1. The van der Waals surface area contributed by atoms with Gasteiger partial charge in [-0.05, 0) is 34.2 Å². The molecule has 35 heavy (non-hydrogen) atoms. The molecule has 2 aromatic carbocycles. The van der Waals surface area contributed by atoms with E-state index < -0.39 is 18.0 Å². The number of rotatable bonds is 8. The standard InChI is InChI=1S/C27H27N3O5/c1-16(2)23(25(31)30-18-11-17(26(32)33)12-28-13-18)14-29-27(34)35-15-24-21-9-5-3-7-19(21)20-8-4-6-10-22(20)24/h3-13,16,23-24H,14-15H2,1-2H3,(H,29,34)(H,30,31)(H,32,33). The number of benzene rings is 2. The third kappa shape index (κ3) is 5.32. The highest BCUT2D eigenvalue weighted by atomic mass is 16.5. The van der Waals surface area contributed by atoms with Gasteiger partial charge in [-0.2, -0.15) is 0 Å². The molecule has 1 unspecified atom stereocenters. The van der Waals surface area contributed by atoms with Crippen molar-refractivity contribution in [3.05, 3.63) is 83.7 Å². The molecule has 0 saturated carbocycles. The van der Waals surface area contributed by atoms with Gasteiger partial charge >= 0.3 is 12.1 Å². The summed E-state index contributed by atoms with van der Waals surface area (Å²) >= 11 is 0. The van der Waals surface area contributed by atoms with Gasteiger partial charge in [-0.15, -0.1) is 0 Å². The van der Waals surface area contributed by atoms with E-state index in [1.54, 1.807) is 0 Å². The summed E-state index contributed by atoms with van der Waals surface area (Å²) in [6.45, 7) is 4.00. The molecule has 1 aliphatic rings. The molecule has 0 spiro atoms. The van der Waals surface area contributed by atoms with E-state index >= 15 is 0 Å². The highest BCUT2D eigenvalue weighted by Gasteiger charge is 2.29. The highest BCUT2D eigenvalue weighted by molar-refractivity contribution is 5.95. The van der Waals surface area contributed by atoms with Gasteiger partial charge in [0, 0.05) is 18.7 Å². The van der Waals surface area contributed by atoms with Crippen molar-refractivity contribution in [2.45, 2.75) is 19.8 Å². The van der Waals surface area contributed by atoms with Crippen LogP contribution in [-0.4, -0.2) is 41.2 Å². The van der Waals surface area contributed by atoms with Crippen LogP contribution in [0.3, 0.4) is 0 Å². The van der Waals surface area contributed by atoms with Gasteiger partial charge in [0.2, 0.25) is 5.91 Å². The number of alkyl carbamates (subject to hydrolysis) is 1. The third-order valence-corrected chi connectivity index (χ3v) is 6.20. The Morgan fingerprint density at radius 2 is 1.63 bits per heavy atom. The lowest BCUT2D eigenvalue weighted by Gasteiger charge is -2.21. The molecule has 4 rings (SSSR count). The van der Waals surface area contributed by atoms with Gasteiger partial charge < -0.3 is 20.5 Å². The van der Waals surface area contributed by atoms with Crippen LogP contribution in [0.25, 0.3) is 11.1 Å². The summed E-state index contributed by atoms with van der Waals surface area (Å²) in [5, 5.41) is 14.5. The molecule has 8 heteroatoms. The number of aromatic nitrogens is 1. The number of aromatic carboxylic acids is 1. The lowest BCUT2D eigenvalue weighted by Crippen LogP contribution is -2.38. The fourth-order valence-corrected chi connectivity index (χ4v) is 4.33. The van der Waals surface area contributed by atoms with Crippen molar-refractivity contribution in [1.82, 2.24) is 10.3 Å². The molecule has 0 fully saturated rings. The smallest absolute Gasteiger partial charge is 0.407 e. The van der Waals surface area contributed by atoms with Crippen molar-refractivity contribution in [2.24, 2.45) is 11.8 Å². The van der Waals surface area contributed by atoms with Gasteiger partial charge in [-0.25, -0.2) is 9.59 Å². The van der Waals surface area contributed by atoms with E-state index in [1.807, 2.05) is 38.1 Å². The van der Waals surface area contributed by atoms with E-state index in [-0.39, 0.29) is 42.1 Å². The van der Waals surface area contributed by atoms with E-state index in [9.17, 15) is 14.4 Å². The largest absolute Gasteiger partial charge is 0.478 e. The molecule has 0 bridgehead atoms. The Morgan fingerprint density at radius 1 is 1.00 bits per heavy atom. The lowest BCUT2D eigenvalue weighted by atomic mass is 9.94. The quantitative estimate of drug-likeness (QED) is 0.442. The van der Waals surface area contributed by atoms with Crippen LogP contribution >= 0.6 is 0 Å². The number of ether oxygens (including phenoxy) is 1. The van der Waals surface area contributed by atoms with Crippen LogP contribution in [0.15, 0.2) is 67.0 Å². The Hall–Kier alpha value is -4.20. The Morgan fingerprint density at radius 3 is 2.23 bits per heavy atom. The monoisotopic (exact) mass is 473 g/mol. The molecule has 3 aromatic rings. The van der Waals surface area contributed by atoms with Crippen LogP contribution in [0.4, 0.5) is 10.5 Å². The Bertz CT molecular complexity index is 1210. The molecule has 8 nitrogen and oxygen atoms in total. The van der Waals surface area contributed by atoms with E-state index in [0.717, 1.165) is 22.3 Å². The van der Waals surface area contributed by atoms with Crippen molar-refractivity contribution in [2.75, 3.05) is 18.5 Å². The molecule has 0 aliphatic heterocycles. The summed E-state index contributed by atoms with van der Waals surface area (Å²) in [4.78, 5) is 40.3. The number of nitrogens with one attached hydrogen (secondary N) is 2. The number of carbonyl (C=O) groups excluding carboxylic acids is 2. The lowest BCUT2D eigenvalue weighted by molar-refractivity contribution is -0.120. The van der Waals surface area contributed by atoms with Crippen molar-refractivity contribution in [3.63, 3.8) is 0 Å². The molecule has 1 atom stereocenters. The molecule has 0 saturated heterocycles. The summed E-state index contributed by atoms with van der Waals surface area (Å²) in [5.74, 6) is -2.16. The van der Waals surface area contributed by atoms with Gasteiger partial charge in [0.05, 0.1) is 23.4 Å². The summed E-state index contributed by atoms with van der Waals surface area (Å²) in [6, 6.07) is 17.5. The maximum absolute atomic E-state index is 12.8. The minimum absolute atomic E-state index is 0.0272. The Balaban J connectivity index is 1.35. The topological polar surface area (TPSA) is 118 Å². The Labute approximate surface area is 203 Å². The normalized spacial score (nSPS) is 13.0. The minimum atomic E-state index is -1.13. The van der Waals surface area contributed by atoms with Crippen LogP contribution in [-0.2, 0) is 9.53 Å². The van der Waals surface area contributed by atoms with Crippen molar-refractivity contribution in [1.29, 1.82) is 0 Å². The number of carboxylic acids is 1. The number of pyridine rings is 1. The second kappa shape index (κ2) is 10.4. The van der Waals surface area contributed by atoms with Crippen LogP contribution < -0.4 is 10.6 Å². The van der Waals surface area contributed by atoms with Gasteiger partial charge in [0.1, 0.15) is 6.61 Å². The number of nitrogens with zero attached hydrogens (tertiary/aromatic N) is 1. The van der Waals surface area contributed by atoms with Crippen LogP contribution in [0.2, 0.25) is 0 Å². The van der Waals surface area contributed by atoms with Crippen LogP contribution in [0.1, 0.15) is 41.3 Å².